The minimum absolute atomic E-state index is 0.00688. The van der Waals surface area contributed by atoms with Crippen molar-refractivity contribution in [3.63, 3.8) is 0 Å². The zero-order chi connectivity index (χ0) is 93.7. The number of carbonyl (C=O) groups is 10. The fraction of sp³-hybridized carbons (Fsp3) is 0.380. The predicted molar refractivity (Wildman–Crippen MR) is 492 cm³/mol. The first-order chi connectivity index (χ1) is 63.2. The number of rotatable bonds is 34. The highest BCUT2D eigenvalue weighted by atomic mass is 35.5. The van der Waals surface area contributed by atoms with Crippen molar-refractivity contribution in [3.8, 4) is 46.0 Å². The number of amides is 10. The number of carbonyl (C=O) groups excluding carboxylic acids is 10. The molecule has 9 aromatic rings. The van der Waals surface area contributed by atoms with Gasteiger partial charge in [-0.1, -0.05) is 198 Å². The molecule has 22 nitrogen and oxygen atoms in total. The molecule has 6 aliphatic rings. The van der Waals surface area contributed by atoms with E-state index >= 15 is 55.1 Å². The maximum Gasteiger partial charge on any atom is 0.391 e. The molecule has 0 aromatic heterocycles. The van der Waals surface area contributed by atoms with Gasteiger partial charge in [-0.05, 0) is 172 Å². The molecule has 4 N–H and O–H groups in total. The van der Waals surface area contributed by atoms with Crippen molar-refractivity contribution in [2.75, 3.05) is 26.2 Å². The highest BCUT2D eigenvalue weighted by Gasteiger charge is 2.53. The number of halogens is 10. The Labute approximate surface area is 778 Å². The van der Waals surface area contributed by atoms with Crippen LogP contribution >= 0.6 is 46.4 Å². The highest BCUT2D eigenvalue weighted by molar-refractivity contribution is 6.46. The molecule has 0 radical (unpaired) electrons. The average molecular weight is 1890 g/mol. The molecule has 692 valence electrons. The van der Waals surface area contributed by atoms with Gasteiger partial charge in [0, 0.05) is 93.4 Å². The minimum atomic E-state index is -5.21. The normalized spacial score (nSPS) is 16.4. The number of hydrogen-bond donors (Lipinski definition) is 4. The summed E-state index contributed by atoms with van der Waals surface area (Å²) in [7, 11) is 0. The van der Waals surface area contributed by atoms with Crippen LogP contribution in [0.4, 0.5) is 26.3 Å². The molecule has 2 heterocycles. The molecule has 0 saturated heterocycles. The molecule has 10 amide bonds. The lowest BCUT2D eigenvalue weighted by Crippen LogP contribution is -2.60. The predicted octanol–water partition coefficient (Wildman–Crippen LogP) is 21.4. The molecule has 2 aliphatic heterocycles. The first-order valence-corrected chi connectivity index (χ1v) is 46.2. The molecule has 4 aliphatic carbocycles. The van der Waals surface area contributed by atoms with Crippen LogP contribution in [0.1, 0.15) is 205 Å². The number of ether oxygens (including phenoxy) is 4. The van der Waals surface area contributed by atoms with Crippen molar-refractivity contribution in [2.45, 2.75) is 216 Å². The number of benzene rings is 9. The Hall–Kier alpha value is -11.7. The van der Waals surface area contributed by atoms with Crippen molar-refractivity contribution in [1.29, 1.82) is 0 Å². The van der Waals surface area contributed by atoms with Gasteiger partial charge in [0.1, 0.15) is 58.1 Å². The van der Waals surface area contributed by atoms with E-state index in [4.69, 9.17) is 65.4 Å². The monoisotopic (exact) mass is 1890 g/mol. The van der Waals surface area contributed by atoms with Crippen molar-refractivity contribution in [1.82, 2.24) is 40.9 Å². The number of hydrogen-bond acceptors (Lipinski definition) is 14. The summed E-state index contributed by atoms with van der Waals surface area (Å²) in [4.78, 5) is 154. The van der Waals surface area contributed by atoms with Gasteiger partial charge < -0.3 is 50.0 Å². The first-order valence-electron chi connectivity index (χ1n) is 44.7. The summed E-state index contributed by atoms with van der Waals surface area (Å²) in [6.45, 7) is 14.3. The van der Waals surface area contributed by atoms with Crippen molar-refractivity contribution in [2.24, 2.45) is 0 Å². The zero-order valence-electron chi connectivity index (χ0n) is 72.3. The molecule has 15 rings (SSSR count). The van der Waals surface area contributed by atoms with Gasteiger partial charge in [0.15, 0.2) is 0 Å². The second-order valence-corrected chi connectivity index (χ2v) is 36.4. The zero-order valence-corrected chi connectivity index (χ0v) is 75.4. The molecule has 0 bridgehead atoms. The Morgan fingerprint density at radius 2 is 0.538 bits per heavy atom. The van der Waals surface area contributed by atoms with Gasteiger partial charge in [0.2, 0.25) is 11.8 Å². The number of imide groups is 2. The highest BCUT2D eigenvalue weighted by Crippen LogP contribution is 2.59. The third-order valence-electron chi connectivity index (χ3n) is 25.8. The third-order valence-corrected chi connectivity index (χ3v) is 26.5. The topological polar surface area (TPSA) is 269 Å². The summed E-state index contributed by atoms with van der Waals surface area (Å²) in [6.07, 6.45) is -1.38. The van der Waals surface area contributed by atoms with Gasteiger partial charge in [-0.25, -0.2) is 0 Å². The Morgan fingerprint density at radius 1 is 0.333 bits per heavy atom. The quantitative estimate of drug-likeness (QED) is 0.00961. The molecular weight excluding hydrogens is 1790 g/mol. The standard InChI is InChI=1S/C100H98Cl4F6N8O14/c1-55(101)89(119)111-45-41-59-25-33-67(34-26-59)129-77-49-71-81-72(94(124)117(93(71)123)75(53-99(105,106)107)97(127)115(63-17-9-5-10-18-63)64-19-11-6-12-20-64)51-79(131-69-37-29-61(30-38-69)43-47-113-91(121)57(3)103)85-86-80(132-70-39-31-62(32-40-70)44-48-114-92(122)58(4)104)52-74-82-73(50-78(84(88(82)86)83(77)87(81)85)130-68-35-27-60(28-36-68)42-46-112-90(120)56(2)102)95(125)118(96(74)126)76(54-100(108,109)110)98(128)116(65-21-13-7-14-22-65)66-23-15-8-16-24-66/h25-40,49-52,63-66,75-76H,1-24,41-48,53-54H2,(H,111,119)(H,112,120)(H,113,121)(H,114,122). The van der Waals surface area contributed by atoms with Crippen LogP contribution in [-0.4, -0.2) is 153 Å². The molecule has 2 unspecified atom stereocenters. The second-order valence-electron chi connectivity index (χ2n) is 34.6. The van der Waals surface area contributed by atoms with E-state index in [9.17, 15) is 19.2 Å². The van der Waals surface area contributed by atoms with Crippen LogP contribution < -0.4 is 40.2 Å². The third kappa shape index (κ3) is 21.0. The van der Waals surface area contributed by atoms with Crippen LogP contribution in [-0.2, 0) is 54.5 Å². The maximum absolute atomic E-state index is 16.9. The first kappa shape index (κ1) is 94.9. The van der Waals surface area contributed by atoms with Crippen LogP contribution in [0.25, 0.3) is 43.1 Å². The smallest absolute Gasteiger partial charge is 0.391 e. The van der Waals surface area contributed by atoms with Crippen LogP contribution in [0.3, 0.4) is 0 Å². The summed E-state index contributed by atoms with van der Waals surface area (Å²) >= 11 is 23.7. The molecule has 2 atom stereocenters. The Morgan fingerprint density at radius 3 is 0.727 bits per heavy atom. The molecule has 9 aromatic carbocycles. The SMILES string of the molecule is C=C(Cl)C(=O)NCCc1ccc(Oc2cc3c4c(cc(Oc5ccc(CCNC(=O)C(=C)Cl)cc5)c5c6c(Oc7ccc(CCNC(=O)C(=C)Cl)cc7)cc7c8c(cc(Oc9ccc(CCNC(=O)C(=C)Cl)cc9)c(c2c45)c86)C(=O)N(C(CC(F)(F)F)C(=O)N(C2CCCCC2)C2CCCCC2)C7=O)C(=O)N(C(CC(F)(F)F)C(=O)N(C2CCCCC2)C2CCCCC2)C3=O)cc1. The Kier molecular flexibility index (Phi) is 29.3. The number of nitrogens with zero attached hydrogens (tertiary/aromatic N) is 4. The van der Waals surface area contributed by atoms with Gasteiger partial charge in [-0.2, -0.15) is 26.3 Å². The van der Waals surface area contributed by atoms with E-state index in [2.05, 4.69) is 47.6 Å². The number of alkyl halides is 6. The second kappa shape index (κ2) is 40.8. The van der Waals surface area contributed by atoms with E-state index in [0.29, 0.717) is 135 Å². The van der Waals surface area contributed by atoms with Gasteiger partial charge >= 0.3 is 12.4 Å². The molecule has 4 saturated carbocycles. The fourth-order valence-electron chi connectivity index (χ4n) is 19.6. The van der Waals surface area contributed by atoms with E-state index in [-0.39, 0.29) is 161 Å². The van der Waals surface area contributed by atoms with E-state index in [1.54, 1.807) is 97.1 Å². The van der Waals surface area contributed by atoms with Crippen molar-refractivity contribution < 1.29 is 93.2 Å². The lowest BCUT2D eigenvalue weighted by Gasteiger charge is -2.45. The Balaban J connectivity index is 1.05. The van der Waals surface area contributed by atoms with E-state index in [0.717, 1.165) is 25.7 Å². The minimum Gasteiger partial charge on any atom is -0.457 e. The van der Waals surface area contributed by atoms with E-state index in [1.807, 2.05) is 0 Å². The fourth-order valence-corrected chi connectivity index (χ4v) is 19.9. The van der Waals surface area contributed by atoms with Gasteiger partial charge in [0.05, 0.1) is 55.2 Å². The molecule has 0 spiro atoms. The summed E-state index contributed by atoms with van der Waals surface area (Å²) in [5.74, 6) is -11.4. The number of nitrogens with one attached hydrogen (secondary N) is 4. The summed E-state index contributed by atoms with van der Waals surface area (Å²) < 4.78 is 126. The van der Waals surface area contributed by atoms with Gasteiger partial charge in [-0.15, -0.1) is 0 Å². The molecule has 4 fully saturated rings. The average Bonchev–Trinajstić information content (AvgIpc) is 0.668. The lowest BCUT2D eigenvalue weighted by atomic mass is 9.80. The largest absolute Gasteiger partial charge is 0.457 e. The van der Waals surface area contributed by atoms with Gasteiger partial charge in [0.25, 0.3) is 47.3 Å². The lowest BCUT2D eigenvalue weighted by molar-refractivity contribution is -0.162. The van der Waals surface area contributed by atoms with E-state index < -0.39 is 143 Å². The van der Waals surface area contributed by atoms with Crippen molar-refractivity contribution >= 4 is 149 Å². The van der Waals surface area contributed by atoms with Crippen molar-refractivity contribution in [3.05, 3.63) is 212 Å². The Bertz CT molecular complexity index is 5370. The van der Waals surface area contributed by atoms with Crippen LogP contribution in [0.15, 0.2) is 168 Å². The summed E-state index contributed by atoms with van der Waals surface area (Å²) in [5.41, 5.74) is 0.623. The summed E-state index contributed by atoms with van der Waals surface area (Å²) in [6, 6.07) is 23.2. The maximum atomic E-state index is 16.9. The molecular formula is C100H98Cl4F6N8O14. The molecule has 132 heavy (non-hydrogen) atoms. The van der Waals surface area contributed by atoms with Crippen LogP contribution in [0.5, 0.6) is 46.0 Å². The number of fused-ring (bicyclic) bond motifs is 2. The van der Waals surface area contributed by atoms with Gasteiger partial charge in [-0.3, -0.25) is 57.7 Å². The van der Waals surface area contributed by atoms with E-state index in [1.165, 1.54) is 34.1 Å². The molecule has 32 heteroatoms. The summed E-state index contributed by atoms with van der Waals surface area (Å²) in [5, 5.41) is 8.44. The van der Waals surface area contributed by atoms with Crippen LogP contribution in [0, 0.1) is 0 Å². The van der Waals surface area contributed by atoms with Crippen LogP contribution in [0.2, 0.25) is 0 Å².